The van der Waals surface area contributed by atoms with E-state index < -0.39 is 0 Å². The van der Waals surface area contributed by atoms with Gasteiger partial charge in [-0.05, 0) is 24.1 Å². The lowest BCUT2D eigenvalue weighted by Gasteiger charge is -2.28. The highest BCUT2D eigenvalue weighted by Gasteiger charge is 2.37. The molecule has 3 unspecified atom stereocenters. The van der Waals surface area contributed by atoms with Crippen LogP contribution in [-0.4, -0.2) is 49.8 Å². The van der Waals surface area contributed by atoms with Gasteiger partial charge in [0.05, 0.1) is 18.7 Å². The number of nitrogens with two attached hydrogens (primary N) is 1. The van der Waals surface area contributed by atoms with Gasteiger partial charge in [-0.3, -0.25) is 9.88 Å². The molecular weight excluding hydrogens is 378 g/mol. The molecule has 0 radical (unpaired) electrons. The minimum atomic E-state index is -0.171. The summed E-state index contributed by atoms with van der Waals surface area (Å²) in [4.78, 5) is 16.6. The van der Waals surface area contributed by atoms with Crippen molar-refractivity contribution in [1.29, 1.82) is 0 Å². The predicted molar refractivity (Wildman–Crippen MR) is 114 cm³/mol. The van der Waals surface area contributed by atoms with E-state index >= 15 is 0 Å². The summed E-state index contributed by atoms with van der Waals surface area (Å²) in [7, 11) is 1.66. The van der Waals surface area contributed by atoms with Crippen molar-refractivity contribution in [3.8, 4) is 0 Å². The number of aliphatic imine (C=N–C) groups is 1. The summed E-state index contributed by atoms with van der Waals surface area (Å²) in [5, 5.41) is 4.73. The molecule has 0 fully saturated rings. The van der Waals surface area contributed by atoms with Crippen molar-refractivity contribution in [3.05, 3.63) is 65.2 Å². The second-order valence-corrected chi connectivity index (χ2v) is 8.07. The van der Waals surface area contributed by atoms with Crippen LogP contribution >= 0.6 is 0 Å². The van der Waals surface area contributed by atoms with Gasteiger partial charge in [0, 0.05) is 31.7 Å². The van der Waals surface area contributed by atoms with E-state index in [1.807, 2.05) is 24.4 Å². The van der Waals surface area contributed by atoms with Crippen molar-refractivity contribution in [3.63, 3.8) is 0 Å². The highest BCUT2D eigenvalue weighted by molar-refractivity contribution is 5.82. The molecule has 0 bridgehead atoms. The first-order valence-electron chi connectivity index (χ1n) is 10.6. The molecular formula is C22H27N7O. The van der Waals surface area contributed by atoms with Crippen LogP contribution in [0.4, 0.5) is 0 Å². The summed E-state index contributed by atoms with van der Waals surface area (Å²) < 4.78 is 7.20. The summed E-state index contributed by atoms with van der Waals surface area (Å²) >= 11 is 0. The van der Waals surface area contributed by atoms with Crippen LogP contribution in [0, 0.1) is 0 Å². The van der Waals surface area contributed by atoms with Gasteiger partial charge in [0.25, 0.3) is 0 Å². The SMILES string of the molecule is CCCC(Cc1nc2n(n1)C(N)=NC1C(OC)=CC=CC21)N1Cc2cccnc2C1. The van der Waals surface area contributed by atoms with Crippen molar-refractivity contribution in [2.75, 3.05) is 7.11 Å². The van der Waals surface area contributed by atoms with Crippen LogP contribution in [0.2, 0.25) is 0 Å². The molecule has 1 aliphatic carbocycles. The maximum atomic E-state index is 6.24. The van der Waals surface area contributed by atoms with Gasteiger partial charge in [-0.15, -0.1) is 5.10 Å². The summed E-state index contributed by atoms with van der Waals surface area (Å²) in [5.41, 5.74) is 8.74. The number of allylic oxidation sites excluding steroid dienone is 2. The molecule has 0 saturated carbocycles. The predicted octanol–water partition coefficient (Wildman–Crippen LogP) is 2.13. The zero-order valence-corrected chi connectivity index (χ0v) is 17.4. The number of hydrogen-bond donors (Lipinski definition) is 1. The average Bonchev–Trinajstić information content (AvgIpc) is 3.38. The van der Waals surface area contributed by atoms with Gasteiger partial charge in [0.15, 0.2) is 5.82 Å². The third-order valence-electron chi connectivity index (χ3n) is 6.18. The van der Waals surface area contributed by atoms with E-state index in [9.17, 15) is 0 Å². The molecule has 30 heavy (non-hydrogen) atoms. The first-order chi connectivity index (χ1) is 14.7. The molecule has 0 saturated heterocycles. The minimum Gasteiger partial charge on any atom is -0.499 e. The fourth-order valence-corrected chi connectivity index (χ4v) is 4.69. The fraction of sp³-hybridized carbons (Fsp3) is 0.455. The Bertz CT molecular complexity index is 1010. The Labute approximate surface area is 176 Å². The number of hydrogen-bond acceptors (Lipinski definition) is 7. The van der Waals surface area contributed by atoms with Gasteiger partial charge in [0.1, 0.15) is 17.6 Å². The van der Waals surface area contributed by atoms with Gasteiger partial charge < -0.3 is 10.5 Å². The lowest BCUT2D eigenvalue weighted by atomic mass is 9.92. The van der Waals surface area contributed by atoms with Crippen molar-refractivity contribution < 1.29 is 4.74 Å². The molecule has 8 nitrogen and oxygen atoms in total. The standard InChI is InChI=1S/C22H27N7O/c1-3-6-15(28-12-14-7-5-10-24-17(14)13-28)11-19-25-21-16-8-4-9-18(30-2)20(16)26-22(23)29(21)27-19/h4-5,7-10,15-16,20H,3,6,11-13H2,1-2H3,(H2,23,26). The molecule has 2 aromatic rings. The molecule has 0 spiro atoms. The van der Waals surface area contributed by atoms with E-state index in [-0.39, 0.29) is 12.0 Å². The van der Waals surface area contributed by atoms with Gasteiger partial charge in [-0.1, -0.05) is 31.6 Å². The van der Waals surface area contributed by atoms with Crippen LogP contribution in [0.15, 0.2) is 47.3 Å². The average molecular weight is 406 g/mol. The monoisotopic (exact) mass is 405 g/mol. The quantitative estimate of drug-likeness (QED) is 0.791. The second kappa shape index (κ2) is 7.68. The first-order valence-corrected chi connectivity index (χ1v) is 10.6. The largest absolute Gasteiger partial charge is 0.499 e. The Balaban J connectivity index is 1.39. The van der Waals surface area contributed by atoms with Crippen LogP contribution in [0.5, 0.6) is 0 Å². The molecule has 2 aliphatic heterocycles. The van der Waals surface area contributed by atoms with Crippen molar-refractivity contribution >= 4 is 5.96 Å². The number of nitrogens with zero attached hydrogens (tertiary/aromatic N) is 6. The number of pyridine rings is 1. The Kier molecular flexibility index (Phi) is 4.86. The van der Waals surface area contributed by atoms with Crippen LogP contribution in [0.1, 0.15) is 48.6 Å². The van der Waals surface area contributed by atoms with E-state index in [2.05, 4.69) is 33.9 Å². The Morgan fingerprint density at radius 1 is 1.33 bits per heavy atom. The highest BCUT2D eigenvalue weighted by Crippen LogP contribution is 2.34. The Hall–Kier alpha value is -3.00. The van der Waals surface area contributed by atoms with Crippen LogP contribution < -0.4 is 5.73 Å². The first kappa shape index (κ1) is 19.0. The number of rotatable bonds is 6. The zero-order valence-electron chi connectivity index (χ0n) is 17.4. The van der Waals surface area contributed by atoms with Crippen molar-refractivity contribution in [2.45, 2.75) is 57.3 Å². The summed E-state index contributed by atoms with van der Waals surface area (Å²) in [6.45, 7) is 4.04. The molecule has 3 atom stereocenters. The molecule has 4 heterocycles. The number of methoxy groups -OCH3 is 1. The van der Waals surface area contributed by atoms with E-state index in [1.54, 1.807) is 11.8 Å². The smallest absolute Gasteiger partial charge is 0.219 e. The van der Waals surface area contributed by atoms with Gasteiger partial charge >= 0.3 is 0 Å². The highest BCUT2D eigenvalue weighted by atomic mass is 16.5. The fourth-order valence-electron chi connectivity index (χ4n) is 4.69. The summed E-state index contributed by atoms with van der Waals surface area (Å²) in [6, 6.07) is 4.38. The molecule has 0 amide bonds. The zero-order chi connectivity index (χ0) is 20.7. The molecule has 0 aromatic carbocycles. The topological polar surface area (TPSA) is 94.5 Å². The molecule has 156 valence electrons. The van der Waals surface area contributed by atoms with Crippen LogP contribution in [0.25, 0.3) is 0 Å². The Morgan fingerprint density at radius 2 is 2.23 bits per heavy atom. The Morgan fingerprint density at radius 3 is 3.03 bits per heavy atom. The molecule has 2 N–H and O–H groups in total. The van der Waals surface area contributed by atoms with Crippen LogP contribution in [0.3, 0.4) is 0 Å². The molecule has 8 heteroatoms. The lowest BCUT2D eigenvalue weighted by molar-refractivity contribution is 0.183. The van der Waals surface area contributed by atoms with E-state index in [1.165, 1.54) is 11.3 Å². The maximum absolute atomic E-state index is 6.24. The van der Waals surface area contributed by atoms with E-state index in [0.717, 1.165) is 49.8 Å². The third kappa shape index (κ3) is 3.21. The normalized spacial score (nSPS) is 23.3. The van der Waals surface area contributed by atoms with Gasteiger partial charge in [-0.25, -0.2) is 9.98 Å². The number of ether oxygens (including phenoxy) is 1. The van der Waals surface area contributed by atoms with Gasteiger partial charge in [0.2, 0.25) is 5.96 Å². The van der Waals surface area contributed by atoms with E-state index in [4.69, 9.17) is 20.6 Å². The number of aromatic nitrogens is 4. The minimum absolute atomic E-state index is 0.0108. The molecule has 5 rings (SSSR count). The maximum Gasteiger partial charge on any atom is 0.219 e. The van der Waals surface area contributed by atoms with Crippen molar-refractivity contribution in [2.24, 2.45) is 10.7 Å². The lowest BCUT2D eigenvalue weighted by Crippen LogP contribution is -2.37. The summed E-state index contributed by atoms with van der Waals surface area (Å²) in [5.74, 6) is 2.81. The van der Waals surface area contributed by atoms with Crippen LogP contribution in [-0.2, 0) is 24.2 Å². The number of fused-ring (bicyclic) bond motifs is 4. The molecule has 2 aromatic heterocycles. The third-order valence-corrected chi connectivity index (χ3v) is 6.18. The molecule has 3 aliphatic rings. The summed E-state index contributed by atoms with van der Waals surface area (Å²) in [6.07, 6.45) is 10.9. The van der Waals surface area contributed by atoms with Crippen molar-refractivity contribution in [1.82, 2.24) is 24.6 Å². The van der Waals surface area contributed by atoms with Gasteiger partial charge in [-0.2, -0.15) is 4.68 Å². The second-order valence-electron chi connectivity index (χ2n) is 8.07. The van der Waals surface area contributed by atoms with E-state index in [0.29, 0.717) is 12.0 Å².